The van der Waals surface area contributed by atoms with Crippen LogP contribution in [0, 0.1) is 11.8 Å². The molecule has 1 aromatic rings. The van der Waals surface area contributed by atoms with Crippen LogP contribution in [-0.4, -0.2) is 5.78 Å². The number of Topliss-reactive ketones (excluding diaryl/α,β-unsaturated/α-hetero) is 1. The summed E-state index contributed by atoms with van der Waals surface area (Å²) >= 11 is 12.2. The van der Waals surface area contributed by atoms with E-state index in [9.17, 15) is 4.79 Å². The normalized spacial score (nSPS) is 24.3. The van der Waals surface area contributed by atoms with Crippen molar-refractivity contribution in [2.75, 3.05) is 0 Å². The van der Waals surface area contributed by atoms with Crippen molar-refractivity contribution in [2.45, 2.75) is 39.0 Å². The van der Waals surface area contributed by atoms with Gasteiger partial charge in [-0.1, -0.05) is 48.7 Å². The van der Waals surface area contributed by atoms with Gasteiger partial charge in [-0.3, -0.25) is 4.79 Å². The van der Waals surface area contributed by atoms with Gasteiger partial charge in [0.05, 0.1) is 10.0 Å². The lowest BCUT2D eigenvalue weighted by atomic mass is 9.77. The minimum absolute atomic E-state index is 0.125. The van der Waals surface area contributed by atoms with Gasteiger partial charge < -0.3 is 0 Å². The minimum Gasteiger partial charge on any atom is -0.299 e. The van der Waals surface area contributed by atoms with E-state index in [0.29, 0.717) is 21.7 Å². The molecular weight excluding hydrogens is 267 g/mol. The van der Waals surface area contributed by atoms with E-state index in [0.717, 1.165) is 37.7 Å². The topological polar surface area (TPSA) is 17.1 Å². The van der Waals surface area contributed by atoms with Crippen molar-refractivity contribution in [1.82, 2.24) is 0 Å². The van der Waals surface area contributed by atoms with Crippen molar-refractivity contribution in [3.63, 3.8) is 0 Å². The van der Waals surface area contributed by atoms with Crippen LogP contribution in [0.5, 0.6) is 0 Å². The summed E-state index contributed by atoms with van der Waals surface area (Å²) in [6, 6.07) is 5.65. The molecule has 0 aromatic heterocycles. The molecule has 0 spiro atoms. The maximum atomic E-state index is 12.0. The second kappa shape index (κ2) is 6.08. The molecule has 1 nitrogen and oxygen atoms in total. The van der Waals surface area contributed by atoms with Gasteiger partial charge >= 0.3 is 0 Å². The smallest absolute Gasteiger partial charge is 0.136 e. The second-order valence-corrected chi connectivity index (χ2v) is 5.91. The molecule has 2 atom stereocenters. The van der Waals surface area contributed by atoms with Crippen molar-refractivity contribution < 1.29 is 4.79 Å². The van der Waals surface area contributed by atoms with Crippen LogP contribution in [0.1, 0.15) is 38.2 Å². The first-order valence-electron chi connectivity index (χ1n) is 6.57. The average molecular weight is 285 g/mol. The monoisotopic (exact) mass is 284 g/mol. The van der Waals surface area contributed by atoms with Crippen LogP contribution in [0.15, 0.2) is 18.2 Å². The van der Waals surface area contributed by atoms with Crippen molar-refractivity contribution in [3.05, 3.63) is 33.8 Å². The Balaban J connectivity index is 2.12. The van der Waals surface area contributed by atoms with Gasteiger partial charge in [-0.2, -0.15) is 0 Å². The Morgan fingerprint density at radius 2 is 2.11 bits per heavy atom. The summed E-state index contributed by atoms with van der Waals surface area (Å²) in [6.45, 7) is 2.20. The Kier molecular flexibility index (Phi) is 4.69. The van der Waals surface area contributed by atoms with E-state index < -0.39 is 0 Å². The van der Waals surface area contributed by atoms with E-state index in [2.05, 4.69) is 6.92 Å². The third-order valence-corrected chi connectivity index (χ3v) is 4.81. The van der Waals surface area contributed by atoms with Crippen LogP contribution >= 0.6 is 23.2 Å². The van der Waals surface area contributed by atoms with Crippen LogP contribution < -0.4 is 0 Å². The van der Waals surface area contributed by atoms with E-state index in [1.54, 1.807) is 6.07 Å². The summed E-state index contributed by atoms with van der Waals surface area (Å²) in [5.74, 6) is 1.20. The Morgan fingerprint density at radius 1 is 1.33 bits per heavy atom. The fourth-order valence-electron chi connectivity index (χ4n) is 2.74. The first-order valence-corrected chi connectivity index (χ1v) is 7.33. The Labute approximate surface area is 118 Å². The van der Waals surface area contributed by atoms with Crippen molar-refractivity contribution in [3.8, 4) is 0 Å². The van der Waals surface area contributed by atoms with Crippen LogP contribution in [0.3, 0.4) is 0 Å². The predicted octanol–water partition coefficient (Wildman–Crippen LogP) is 4.93. The number of rotatable bonds is 3. The van der Waals surface area contributed by atoms with Gasteiger partial charge in [0, 0.05) is 12.3 Å². The molecule has 1 aliphatic rings. The highest BCUT2D eigenvalue weighted by molar-refractivity contribution is 6.42. The number of carbonyl (C=O) groups excluding carboxylic acids is 1. The predicted molar refractivity (Wildman–Crippen MR) is 76.3 cm³/mol. The van der Waals surface area contributed by atoms with Crippen LogP contribution in [0.25, 0.3) is 0 Å². The zero-order chi connectivity index (χ0) is 13.1. The van der Waals surface area contributed by atoms with E-state index in [1.165, 1.54) is 0 Å². The van der Waals surface area contributed by atoms with E-state index in [-0.39, 0.29) is 5.92 Å². The molecule has 3 heteroatoms. The summed E-state index contributed by atoms with van der Waals surface area (Å²) in [5, 5.41) is 1.18. The van der Waals surface area contributed by atoms with Crippen molar-refractivity contribution in [2.24, 2.45) is 11.8 Å². The molecule has 0 heterocycles. The zero-order valence-corrected chi connectivity index (χ0v) is 12.1. The summed E-state index contributed by atoms with van der Waals surface area (Å²) < 4.78 is 0. The fourth-order valence-corrected chi connectivity index (χ4v) is 3.14. The minimum atomic E-state index is 0.125. The Bertz CT molecular complexity index is 442. The highest BCUT2D eigenvalue weighted by Gasteiger charge is 2.28. The fraction of sp³-hybridized carbons (Fsp3) is 0.533. The zero-order valence-electron chi connectivity index (χ0n) is 10.6. The van der Waals surface area contributed by atoms with Gasteiger partial charge in [0.1, 0.15) is 5.78 Å². The number of hydrogen-bond acceptors (Lipinski definition) is 1. The first-order chi connectivity index (χ1) is 8.61. The number of hydrogen-bond donors (Lipinski definition) is 0. The summed E-state index contributed by atoms with van der Waals surface area (Å²) in [4.78, 5) is 12.0. The second-order valence-electron chi connectivity index (χ2n) is 5.13. The van der Waals surface area contributed by atoms with Crippen molar-refractivity contribution in [1.29, 1.82) is 0 Å². The number of carbonyl (C=O) groups is 1. The molecule has 98 valence electrons. The molecule has 0 saturated heterocycles. The van der Waals surface area contributed by atoms with E-state index in [4.69, 9.17) is 23.2 Å². The maximum absolute atomic E-state index is 12.0. The molecule has 1 fully saturated rings. The van der Waals surface area contributed by atoms with Crippen LogP contribution in [0.2, 0.25) is 10.0 Å². The van der Waals surface area contributed by atoms with Gasteiger partial charge in [0.2, 0.25) is 0 Å². The summed E-state index contributed by atoms with van der Waals surface area (Å²) in [6.07, 6.45) is 4.66. The lowest BCUT2D eigenvalue weighted by molar-refractivity contribution is -0.125. The van der Waals surface area contributed by atoms with Crippen LogP contribution in [0.4, 0.5) is 0 Å². The van der Waals surface area contributed by atoms with Gasteiger partial charge in [-0.15, -0.1) is 0 Å². The summed E-state index contributed by atoms with van der Waals surface area (Å²) in [5.41, 5.74) is 0.999. The standard InChI is InChI=1S/C15H18Cl2O/c1-2-10-6-7-14(18)12(8-10)9-11-4-3-5-13(16)15(11)17/h3-5,10,12H,2,6-9H2,1H3. The first kappa shape index (κ1) is 13.9. The Morgan fingerprint density at radius 3 is 2.83 bits per heavy atom. The SMILES string of the molecule is CCC1CCC(=O)C(Cc2cccc(Cl)c2Cl)C1. The largest absolute Gasteiger partial charge is 0.299 e. The molecule has 1 aromatic carbocycles. The Hall–Kier alpha value is -0.530. The number of benzene rings is 1. The lowest BCUT2D eigenvalue weighted by Crippen LogP contribution is -2.26. The van der Waals surface area contributed by atoms with E-state index >= 15 is 0 Å². The highest BCUT2D eigenvalue weighted by Crippen LogP contribution is 2.33. The average Bonchev–Trinajstić information content (AvgIpc) is 2.37. The number of ketones is 1. The molecule has 0 radical (unpaired) electrons. The molecule has 1 aliphatic carbocycles. The molecule has 2 rings (SSSR count). The molecule has 1 saturated carbocycles. The molecule has 0 amide bonds. The molecule has 0 N–H and O–H groups in total. The lowest BCUT2D eigenvalue weighted by Gasteiger charge is -2.27. The quantitative estimate of drug-likeness (QED) is 0.769. The molecule has 0 bridgehead atoms. The number of halogens is 2. The van der Waals surface area contributed by atoms with Gasteiger partial charge in [0.25, 0.3) is 0 Å². The third kappa shape index (κ3) is 3.07. The van der Waals surface area contributed by atoms with Gasteiger partial charge in [0.15, 0.2) is 0 Å². The van der Waals surface area contributed by atoms with Crippen molar-refractivity contribution >= 4 is 29.0 Å². The van der Waals surface area contributed by atoms with Crippen LogP contribution in [-0.2, 0) is 11.2 Å². The third-order valence-electron chi connectivity index (χ3n) is 3.95. The molecule has 2 unspecified atom stereocenters. The molecular formula is C15H18Cl2O. The van der Waals surface area contributed by atoms with Gasteiger partial charge in [-0.05, 0) is 36.8 Å². The van der Waals surface area contributed by atoms with E-state index in [1.807, 2.05) is 12.1 Å². The van der Waals surface area contributed by atoms with Gasteiger partial charge in [-0.25, -0.2) is 0 Å². The molecule has 0 aliphatic heterocycles. The summed E-state index contributed by atoms with van der Waals surface area (Å²) in [7, 11) is 0. The maximum Gasteiger partial charge on any atom is 0.136 e. The highest BCUT2D eigenvalue weighted by atomic mass is 35.5. The molecule has 18 heavy (non-hydrogen) atoms.